The monoisotopic (exact) mass is 788 g/mol. The normalized spacial score (nSPS) is 19.6. The molecule has 0 N–H and O–H groups in total. The number of para-hydroxylation sites is 2. The lowest BCUT2D eigenvalue weighted by Crippen LogP contribution is -2.36. The Labute approximate surface area is 337 Å². The van der Waals surface area contributed by atoms with Crippen LogP contribution in [0.2, 0.25) is 0 Å². The molecule has 0 saturated heterocycles. The summed E-state index contributed by atoms with van der Waals surface area (Å²) in [5, 5.41) is 8.86. The average Bonchev–Trinajstić information content (AvgIpc) is 4.02. The second-order valence-corrected chi connectivity index (χ2v) is 16.0. The Bertz CT molecular complexity index is 2290. The Morgan fingerprint density at radius 3 is 1.91 bits per heavy atom. The second-order valence-electron chi connectivity index (χ2n) is 16.0. The summed E-state index contributed by atoms with van der Waals surface area (Å²) in [5.74, 6) is 2.71. The first-order valence-electron chi connectivity index (χ1n) is 20.1. The maximum Gasteiger partial charge on any atom is 0.164 e. The molecule has 12 nitrogen and oxygen atoms in total. The fourth-order valence-electron chi connectivity index (χ4n) is 8.40. The van der Waals surface area contributed by atoms with Gasteiger partial charge in [0.25, 0.3) is 0 Å². The van der Waals surface area contributed by atoms with Gasteiger partial charge in [0.05, 0.1) is 44.5 Å². The highest BCUT2D eigenvalue weighted by molar-refractivity contribution is 5.65. The molecule has 4 heterocycles. The molecule has 6 aromatic rings. The third-order valence-electron chi connectivity index (χ3n) is 11.4. The Hall–Kier alpha value is -5.60. The van der Waals surface area contributed by atoms with Gasteiger partial charge in [-0.2, -0.15) is 10.2 Å². The zero-order valence-electron chi connectivity index (χ0n) is 33.3. The Morgan fingerprint density at radius 2 is 1.26 bits per heavy atom. The maximum atomic E-state index is 14.7. The SMILES string of the molecule is CN(C)C[C@@H]1CC[C@H](COc2cnc(CN(C)C3CCC(COc4cncnc4-c4cnn(-c5ccccc5F)c4)CC3)nc2-c2cnn(-c3ccccc3F)c2)C1. The van der Waals surface area contributed by atoms with Crippen molar-refractivity contribution in [3.63, 3.8) is 0 Å². The number of hydrogen-bond acceptors (Lipinski definition) is 10. The van der Waals surface area contributed by atoms with Crippen LogP contribution in [-0.2, 0) is 6.54 Å². The van der Waals surface area contributed by atoms with Gasteiger partial charge in [-0.25, -0.2) is 38.1 Å². The largest absolute Gasteiger partial charge is 0.489 e. The zero-order valence-corrected chi connectivity index (χ0v) is 33.3. The van der Waals surface area contributed by atoms with Gasteiger partial charge < -0.3 is 14.4 Å². The lowest BCUT2D eigenvalue weighted by molar-refractivity contribution is 0.129. The van der Waals surface area contributed by atoms with Gasteiger partial charge in [-0.15, -0.1) is 0 Å². The van der Waals surface area contributed by atoms with Gasteiger partial charge in [0.2, 0.25) is 0 Å². The van der Waals surface area contributed by atoms with Crippen molar-refractivity contribution in [3.8, 4) is 45.4 Å². The molecule has 0 unspecified atom stereocenters. The molecule has 0 amide bonds. The van der Waals surface area contributed by atoms with Crippen LogP contribution < -0.4 is 9.47 Å². The predicted molar refractivity (Wildman–Crippen MR) is 217 cm³/mol. The van der Waals surface area contributed by atoms with Crippen molar-refractivity contribution in [1.29, 1.82) is 0 Å². The summed E-state index contributed by atoms with van der Waals surface area (Å²) in [5.41, 5.74) is 3.48. The van der Waals surface area contributed by atoms with E-state index in [1.807, 2.05) is 0 Å². The average molecular weight is 789 g/mol. The molecule has 58 heavy (non-hydrogen) atoms. The molecule has 2 saturated carbocycles. The van der Waals surface area contributed by atoms with Gasteiger partial charge in [0, 0.05) is 36.1 Å². The molecule has 302 valence electrons. The van der Waals surface area contributed by atoms with Crippen LogP contribution >= 0.6 is 0 Å². The summed E-state index contributed by atoms with van der Waals surface area (Å²) in [6.07, 6.45) is 19.4. The summed E-state index contributed by atoms with van der Waals surface area (Å²) in [4.78, 5) is 23.1. The van der Waals surface area contributed by atoms with Crippen molar-refractivity contribution in [2.45, 2.75) is 57.5 Å². The smallest absolute Gasteiger partial charge is 0.164 e. The number of ether oxygens (including phenoxy) is 2. The van der Waals surface area contributed by atoms with Crippen LogP contribution in [0.25, 0.3) is 33.9 Å². The minimum absolute atomic E-state index is 0.349. The van der Waals surface area contributed by atoms with E-state index >= 15 is 0 Å². The van der Waals surface area contributed by atoms with Crippen molar-refractivity contribution >= 4 is 0 Å². The van der Waals surface area contributed by atoms with Crippen LogP contribution in [0.15, 0.2) is 92.0 Å². The van der Waals surface area contributed by atoms with Crippen LogP contribution in [0.5, 0.6) is 11.5 Å². The van der Waals surface area contributed by atoms with E-state index in [4.69, 9.17) is 19.4 Å². The fourth-order valence-corrected chi connectivity index (χ4v) is 8.40. The number of rotatable bonds is 15. The first-order chi connectivity index (χ1) is 28.3. The van der Waals surface area contributed by atoms with Gasteiger partial charge in [0.15, 0.2) is 11.5 Å². The fraction of sp³-hybridized carbons (Fsp3) is 0.409. The highest BCUT2D eigenvalue weighted by atomic mass is 19.1. The van der Waals surface area contributed by atoms with Gasteiger partial charge in [-0.05, 0) is 108 Å². The molecule has 2 atom stereocenters. The lowest BCUT2D eigenvalue weighted by atomic mass is 9.86. The van der Waals surface area contributed by atoms with Crippen LogP contribution in [0, 0.1) is 29.4 Å². The standard InChI is InChI=1S/C44H50F2N10O2/c1-53(2)23-31-12-13-32(18-31)28-58-41-22-48-42(52-44(41)34-20-51-56(25-34)39-11-7-5-9-37(39)46)26-54(3)35-16-14-30(15-17-35)27-57-40-21-47-29-49-43(40)33-19-50-55(24-33)38-10-6-4-8-36(38)45/h4-11,19-22,24-25,29-32,35H,12-18,23,26-28H2,1-3H3/t30?,31-,32+,35?/m1/s1. The van der Waals surface area contributed by atoms with Crippen LogP contribution in [0.4, 0.5) is 8.78 Å². The molecule has 2 aromatic carbocycles. The van der Waals surface area contributed by atoms with Gasteiger partial charge >= 0.3 is 0 Å². The molecule has 2 aliphatic rings. The Balaban J connectivity index is 0.897. The number of hydrogen-bond donors (Lipinski definition) is 0. The van der Waals surface area contributed by atoms with E-state index in [2.05, 4.69) is 51.1 Å². The molecule has 2 fully saturated rings. The second kappa shape index (κ2) is 17.9. The van der Waals surface area contributed by atoms with Crippen LogP contribution in [0.3, 0.4) is 0 Å². The molecule has 4 aromatic heterocycles. The highest BCUT2D eigenvalue weighted by Gasteiger charge is 2.28. The maximum absolute atomic E-state index is 14.7. The molecular formula is C44H50F2N10O2. The van der Waals surface area contributed by atoms with Gasteiger partial charge in [0.1, 0.15) is 46.5 Å². The van der Waals surface area contributed by atoms with Crippen molar-refractivity contribution in [2.24, 2.45) is 17.8 Å². The summed E-state index contributed by atoms with van der Waals surface area (Å²) in [6, 6.07) is 13.5. The third-order valence-corrected chi connectivity index (χ3v) is 11.4. The van der Waals surface area contributed by atoms with E-state index in [9.17, 15) is 8.78 Å². The van der Waals surface area contributed by atoms with E-state index in [0.29, 0.717) is 83.6 Å². The number of aromatic nitrogens is 8. The van der Waals surface area contributed by atoms with E-state index in [1.54, 1.807) is 78.3 Å². The number of nitrogens with zero attached hydrogens (tertiary/aromatic N) is 10. The van der Waals surface area contributed by atoms with Crippen LogP contribution in [0.1, 0.15) is 50.8 Å². The minimum atomic E-state index is -0.354. The van der Waals surface area contributed by atoms with E-state index in [1.165, 1.54) is 29.6 Å². The molecule has 14 heteroatoms. The molecule has 2 aliphatic carbocycles. The van der Waals surface area contributed by atoms with Gasteiger partial charge in [-0.1, -0.05) is 24.3 Å². The predicted octanol–water partition coefficient (Wildman–Crippen LogP) is 7.68. The first-order valence-corrected chi connectivity index (χ1v) is 20.1. The van der Waals surface area contributed by atoms with E-state index in [-0.39, 0.29) is 11.6 Å². The minimum Gasteiger partial charge on any atom is -0.489 e. The van der Waals surface area contributed by atoms with Crippen LogP contribution in [-0.4, -0.2) is 96.2 Å². The zero-order chi connectivity index (χ0) is 40.0. The lowest BCUT2D eigenvalue weighted by Gasteiger charge is -2.34. The summed E-state index contributed by atoms with van der Waals surface area (Å²) < 4.78 is 44.9. The third kappa shape index (κ3) is 9.24. The van der Waals surface area contributed by atoms with Crippen molar-refractivity contribution in [3.05, 3.63) is 109 Å². The van der Waals surface area contributed by atoms with E-state index < -0.39 is 0 Å². The first kappa shape index (κ1) is 39.2. The Kier molecular flexibility index (Phi) is 12.1. The summed E-state index contributed by atoms with van der Waals surface area (Å²) in [7, 11) is 6.39. The number of halogens is 2. The van der Waals surface area contributed by atoms with Crippen molar-refractivity contribution < 1.29 is 18.3 Å². The number of benzene rings is 2. The van der Waals surface area contributed by atoms with Crippen molar-refractivity contribution in [1.82, 2.24) is 49.3 Å². The topological polar surface area (TPSA) is 112 Å². The Morgan fingerprint density at radius 1 is 0.672 bits per heavy atom. The highest BCUT2D eigenvalue weighted by Crippen LogP contribution is 2.35. The van der Waals surface area contributed by atoms with Crippen molar-refractivity contribution in [2.75, 3.05) is 40.9 Å². The van der Waals surface area contributed by atoms with Gasteiger partial charge in [-0.3, -0.25) is 4.90 Å². The molecular weight excluding hydrogens is 739 g/mol. The molecule has 8 rings (SSSR count). The molecule has 0 radical (unpaired) electrons. The summed E-state index contributed by atoms with van der Waals surface area (Å²) >= 11 is 0. The summed E-state index contributed by atoms with van der Waals surface area (Å²) in [6.45, 7) is 2.81. The molecule has 0 bridgehead atoms. The molecule has 0 aliphatic heterocycles. The molecule has 0 spiro atoms. The quantitative estimate of drug-likeness (QED) is 0.103. The van der Waals surface area contributed by atoms with E-state index in [0.717, 1.165) is 56.2 Å².